The number of thioether (sulfide) groups is 1. The zero-order chi connectivity index (χ0) is 8.69. The van der Waals surface area contributed by atoms with E-state index < -0.39 is 0 Å². The lowest BCUT2D eigenvalue weighted by Gasteiger charge is -1.95. The van der Waals surface area contributed by atoms with Crippen LogP contribution >= 0.6 is 23.4 Å². The van der Waals surface area contributed by atoms with E-state index in [0.717, 1.165) is 12.2 Å². The molecule has 4 heteroatoms. The third kappa shape index (κ3) is 7.88. The minimum atomic E-state index is 0.0517. The number of hydrogen-bond donors (Lipinski definition) is 0. The second kappa shape index (κ2) is 6.68. The van der Waals surface area contributed by atoms with E-state index in [0.29, 0.717) is 6.42 Å². The Hall–Kier alpha value is -0.0200. The molecule has 64 valence electrons. The molecule has 0 saturated carbocycles. The Labute approximate surface area is 75.7 Å². The van der Waals surface area contributed by atoms with Gasteiger partial charge in [0.2, 0.25) is 0 Å². The van der Waals surface area contributed by atoms with Crippen molar-refractivity contribution in [3.8, 4) is 0 Å². The summed E-state index contributed by atoms with van der Waals surface area (Å²) in [7, 11) is 0. The number of carbonyl (C=O) groups is 2. The summed E-state index contributed by atoms with van der Waals surface area (Å²) < 4.78 is 0. The second-order valence-corrected chi connectivity index (χ2v) is 3.66. The summed E-state index contributed by atoms with van der Waals surface area (Å²) in [5, 5.41) is 0.100. The molecule has 0 amide bonds. The maximum Gasteiger partial charge on any atom is 0.185 e. The molecule has 0 aliphatic heterocycles. The second-order valence-electron chi connectivity index (χ2n) is 2.12. The fraction of sp³-hybridized carbons (Fsp3) is 0.714. The van der Waals surface area contributed by atoms with Crippen molar-refractivity contribution in [1.29, 1.82) is 0 Å². The molecule has 0 atom stereocenters. The molecule has 0 fully saturated rings. The highest BCUT2D eigenvalue weighted by atomic mass is 35.5. The van der Waals surface area contributed by atoms with Gasteiger partial charge in [0.1, 0.15) is 5.78 Å². The van der Waals surface area contributed by atoms with Crippen LogP contribution in [0, 0.1) is 0 Å². The molecule has 11 heavy (non-hydrogen) atoms. The SMILES string of the molecule is CC(=O)SCCCC(=O)CCl. The molecule has 0 heterocycles. The first-order chi connectivity index (χ1) is 5.16. The summed E-state index contributed by atoms with van der Waals surface area (Å²) in [4.78, 5) is 21.0. The van der Waals surface area contributed by atoms with Crippen molar-refractivity contribution in [2.75, 3.05) is 11.6 Å². The van der Waals surface area contributed by atoms with Gasteiger partial charge in [-0.2, -0.15) is 0 Å². The quantitative estimate of drug-likeness (QED) is 0.495. The molecule has 0 spiro atoms. The van der Waals surface area contributed by atoms with Gasteiger partial charge in [-0.3, -0.25) is 9.59 Å². The van der Waals surface area contributed by atoms with Gasteiger partial charge < -0.3 is 0 Å². The van der Waals surface area contributed by atoms with Crippen LogP contribution in [0.25, 0.3) is 0 Å². The Kier molecular flexibility index (Phi) is 6.66. The Morgan fingerprint density at radius 3 is 2.55 bits per heavy atom. The number of halogens is 1. The molecule has 0 saturated heterocycles. The van der Waals surface area contributed by atoms with E-state index in [9.17, 15) is 9.59 Å². The molecular weight excluding hydrogens is 184 g/mol. The lowest BCUT2D eigenvalue weighted by molar-refractivity contribution is -0.116. The predicted molar refractivity (Wildman–Crippen MR) is 48.1 cm³/mol. The van der Waals surface area contributed by atoms with Crippen molar-refractivity contribution in [3.05, 3.63) is 0 Å². The highest BCUT2D eigenvalue weighted by molar-refractivity contribution is 8.13. The third-order valence-electron chi connectivity index (χ3n) is 1.05. The Bertz CT molecular complexity index is 147. The van der Waals surface area contributed by atoms with Crippen LogP contribution in [-0.2, 0) is 9.59 Å². The molecule has 0 radical (unpaired) electrons. The molecule has 2 nitrogen and oxygen atoms in total. The monoisotopic (exact) mass is 194 g/mol. The lowest BCUT2D eigenvalue weighted by Crippen LogP contribution is -1.99. The van der Waals surface area contributed by atoms with Crippen LogP contribution in [0.1, 0.15) is 19.8 Å². The van der Waals surface area contributed by atoms with Gasteiger partial charge in [-0.1, -0.05) is 11.8 Å². The fourth-order valence-corrected chi connectivity index (χ4v) is 1.26. The fourth-order valence-electron chi connectivity index (χ4n) is 0.552. The molecule has 0 bridgehead atoms. The van der Waals surface area contributed by atoms with Crippen molar-refractivity contribution >= 4 is 34.3 Å². The highest BCUT2D eigenvalue weighted by Crippen LogP contribution is 2.05. The van der Waals surface area contributed by atoms with E-state index in [1.54, 1.807) is 0 Å². The largest absolute Gasteiger partial charge is 0.298 e. The van der Waals surface area contributed by atoms with Crippen LogP contribution in [0.15, 0.2) is 0 Å². The van der Waals surface area contributed by atoms with Crippen LogP contribution in [0.3, 0.4) is 0 Å². The topological polar surface area (TPSA) is 34.1 Å². The van der Waals surface area contributed by atoms with Crippen molar-refractivity contribution in [2.24, 2.45) is 0 Å². The van der Waals surface area contributed by atoms with Crippen molar-refractivity contribution in [3.63, 3.8) is 0 Å². The van der Waals surface area contributed by atoms with Crippen LogP contribution in [0.4, 0.5) is 0 Å². The number of carbonyl (C=O) groups excluding carboxylic acids is 2. The summed E-state index contributed by atoms with van der Waals surface area (Å²) in [6, 6.07) is 0. The predicted octanol–water partition coefficient (Wildman–Crippen LogP) is 1.85. The first-order valence-corrected chi connectivity index (χ1v) is 4.90. The van der Waals surface area contributed by atoms with E-state index in [4.69, 9.17) is 11.6 Å². The van der Waals surface area contributed by atoms with E-state index >= 15 is 0 Å². The van der Waals surface area contributed by atoms with E-state index in [2.05, 4.69) is 0 Å². The minimum Gasteiger partial charge on any atom is -0.298 e. The molecule has 0 aliphatic rings. The first-order valence-electron chi connectivity index (χ1n) is 3.38. The van der Waals surface area contributed by atoms with E-state index in [-0.39, 0.29) is 16.8 Å². The van der Waals surface area contributed by atoms with E-state index in [1.165, 1.54) is 18.7 Å². The van der Waals surface area contributed by atoms with Crippen LogP contribution in [0.2, 0.25) is 0 Å². The maximum absolute atomic E-state index is 10.6. The molecule has 0 aliphatic carbocycles. The maximum atomic E-state index is 10.6. The van der Waals surface area contributed by atoms with Crippen molar-refractivity contribution in [1.82, 2.24) is 0 Å². The van der Waals surface area contributed by atoms with Gasteiger partial charge in [0.15, 0.2) is 5.12 Å². The summed E-state index contributed by atoms with van der Waals surface area (Å²) in [6.07, 6.45) is 1.24. The summed E-state index contributed by atoms with van der Waals surface area (Å²) >= 11 is 6.52. The average Bonchev–Trinajstić information content (AvgIpc) is 1.97. The van der Waals surface area contributed by atoms with Crippen LogP contribution in [-0.4, -0.2) is 22.5 Å². The van der Waals surface area contributed by atoms with E-state index in [1.807, 2.05) is 0 Å². The Morgan fingerprint density at radius 1 is 1.45 bits per heavy atom. The zero-order valence-electron chi connectivity index (χ0n) is 6.43. The molecule has 0 aromatic heterocycles. The standard InChI is InChI=1S/C7H11ClO2S/c1-6(9)11-4-2-3-7(10)5-8/h2-5H2,1H3. The Balaban J connectivity index is 3.14. The lowest BCUT2D eigenvalue weighted by atomic mass is 10.2. The van der Waals surface area contributed by atoms with Crippen LogP contribution < -0.4 is 0 Å². The van der Waals surface area contributed by atoms with Crippen molar-refractivity contribution in [2.45, 2.75) is 19.8 Å². The van der Waals surface area contributed by atoms with Gasteiger partial charge >= 0.3 is 0 Å². The van der Waals surface area contributed by atoms with Crippen molar-refractivity contribution < 1.29 is 9.59 Å². The molecule has 0 aromatic carbocycles. The van der Waals surface area contributed by atoms with Crippen LogP contribution in [0.5, 0.6) is 0 Å². The van der Waals surface area contributed by atoms with Gasteiger partial charge in [-0.15, -0.1) is 11.6 Å². The zero-order valence-corrected chi connectivity index (χ0v) is 8.00. The van der Waals surface area contributed by atoms with Gasteiger partial charge in [-0.05, 0) is 6.42 Å². The third-order valence-corrected chi connectivity index (χ3v) is 2.25. The number of Topliss-reactive ketones (excluding diaryl/α,β-unsaturated/α-hetero) is 1. The molecule has 0 unspecified atom stereocenters. The minimum absolute atomic E-state index is 0.0517. The summed E-state index contributed by atoms with van der Waals surface area (Å²) in [5.41, 5.74) is 0. The molecule has 0 rings (SSSR count). The Morgan fingerprint density at radius 2 is 2.09 bits per heavy atom. The summed E-state index contributed by atoms with van der Waals surface area (Å²) in [5.74, 6) is 0.860. The number of ketones is 1. The average molecular weight is 195 g/mol. The summed E-state index contributed by atoms with van der Waals surface area (Å²) in [6.45, 7) is 1.52. The molecular formula is C7H11ClO2S. The van der Waals surface area contributed by atoms with Gasteiger partial charge in [0.05, 0.1) is 5.88 Å². The highest BCUT2D eigenvalue weighted by Gasteiger charge is 1.99. The molecule has 0 aromatic rings. The number of rotatable bonds is 5. The smallest absolute Gasteiger partial charge is 0.185 e. The first kappa shape index (κ1) is 11.0. The van der Waals surface area contributed by atoms with Gasteiger partial charge in [0, 0.05) is 19.1 Å². The normalized spacial score (nSPS) is 9.64. The number of alkyl halides is 1. The number of hydrogen-bond acceptors (Lipinski definition) is 3. The van der Waals surface area contributed by atoms with Gasteiger partial charge in [0.25, 0.3) is 0 Å². The molecule has 0 N–H and O–H groups in total. The van der Waals surface area contributed by atoms with Gasteiger partial charge in [-0.25, -0.2) is 0 Å².